The highest BCUT2D eigenvalue weighted by Crippen LogP contribution is 2.44. The molecule has 0 aliphatic rings. The lowest BCUT2D eigenvalue weighted by Gasteiger charge is -2.16. The summed E-state index contributed by atoms with van der Waals surface area (Å²) in [6, 6.07) is 75.0. The van der Waals surface area contributed by atoms with Crippen molar-refractivity contribution in [1.29, 1.82) is 0 Å². The predicted molar refractivity (Wildman–Crippen MR) is 267 cm³/mol. The molecule has 0 amide bonds. The van der Waals surface area contributed by atoms with Gasteiger partial charge in [-0.2, -0.15) is 0 Å². The Labute approximate surface area is 371 Å². The first-order valence-electron chi connectivity index (χ1n) is 21.9. The monoisotopic (exact) mass is 829 g/mol. The smallest absolute Gasteiger partial charge is 0.166 e. The zero-order valence-electron chi connectivity index (χ0n) is 34.9. The van der Waals surface area contributed by atoms with Gasteiger partial charge >= 0.3 is 0 Å². The number of rotatable bonds is 5. The quantitative estimate of drug-likeness (QED) is 0.173. The number of para-hydroxylation sites is 4. The lowest BCUT2D eigenvalue weighted by molar-refractivity contribution is 0.669. The molecule has 4 heterocycles. The molecule has 14 aromatic rings. The summed E-state index contributed by atoms with van der Waals surface area (Å²) in [5, 5.41) is 11.2. The van der Waals surface area contributed by atoms with E-state index in [-0.39, 0.29) is 0 Å². The Morgan fingerprint density at radius 2 is 0.908 bits per heavy atom. The van der Waals surface area contributed by atoms with Crippen LogP contribution in [0.5, 0.6) is 0 Å². The van der Waals surface area contributed by atoms with Gasteiger partial charge in [-0.25, -0.2) is 15.0 Å². The van der Waals surface area contributed by atoms with E-state index < -0.39 is 0 Å². The second-order valence-electron chi connectivity index (χ2n) is 16.8. The van der Waals surface area contributed by atoms with Gasteiger partial charge in [0.25, 0.3) is 0 Å². The summed E-state index contributed by atoms with van der Waals surface area (Å²) >= 11 is 0. The Kier molecular flexibility index (Phi) is 7.59. The zero-order valence-corrected chi connectivity index (χ0v) is 34.9. The summed E-state index contributed by atoms with van der Waals surface area (Å²) in [6.07, 6.45) is 0. The van der Waals surface area contributed by atoms with Gasteiger partial charge in [-0.3, -0.25) is 0 Å². The van der Waals surface area contributed by atoms with Crippen LogP contribution < -0.4 is 0 Å². The van der Waals surface area contributed by atoms with Crippen LogP contribution in [0.4, 0.5) is 0 Å². The molecule has 0 unspecified atom stereocenters. The van der Waals surface area contributed by atoms with Crippen LogP contribution in [0.1, 0.15) is 0 Å². The zero-order chi connectivity index (χ0) is 42.6. The van der Waals surface area contributed by atoms with E-state index in [1.165, 1.54) is 21.5 Å². The number of fused-ring (bicyclic) bond motifs is 11. The number of hydrogen-bond acceptors (Lipinski definition) is 4. The van der Waals surface area contributed by atoms with Crippen molar-refractivity contribution >= 4 is 87.1 Å². The average molecular weight is 830 g/mol. The summed E-state index contributed by atoms with van der Waals surface area (Å²) in [7, 11) is 0. The molecule has 0 aliphatic carbocycles. The first-order valence-corrected chi connectivity index (χ1v) is 21.9. The van der Waals surface area contributed by atoms with Crippen LogP contribution in [0.3, 0.4) is 0 Å². The molecular weight excluding hydrogens is 795 g/mol. The average Bonchev–Trinajstić information content (AvgIpc) is 4.02. The third-order valence-electron chi connectivity index (χ3n) is 13.1. The van der Waals surface area contributed by atoms with E-state index >= 15 is 0 Å². The second-order valence-corrected chi connectivity index (χ2v) is 16.8. The van der Waals surface area contributed by atoms with E-state index in [1.807, 2.05) is 12.1 Å². The van der Waals surface area contributed by atoms with Crippen LogP contribution in [-0.2, 0) is 0 Å². The van der Waals surface area contributed by atoms with Gasteiger partial charge in [0.2, 0.25) is 0 Å². The van der Waals surface area contributed by atoms with Crippen LogP contribution in [0.15, 0.2) is 217 Å². The van der Waals surface area contributed by atoms with Gasteiger partial charge in [0.15, 0.2) is 17.5 Å². The van der Waals surface area contributed by atoms with E-state index in [4.69, 9.17) is 19.4 Å². The summed E-state index contributed by atoms with van der Waals surface area (Å²) in [5.74, 6) is 1.76. The third-order valence-corrected chi connectivity index (χ3v) is 13.1. The van der Waals surface area contributed by atoms with Crippen molar-refractivity contribution in [3.63, 3.8) is 0 Å². The molecule has 4 aromatic heterocycles. The third kappa shape index (κ3) is 5.38. The Hall–Kier alpha value is -8.87. The number of aromatic nitrogens is 5. The van der Waals surface area contributed by atoms with Crippen molar-refractivity contribution in [2.45, 2.75) is 0 Å². The normalized spacial score (nSPS) is 12.0. The fourth-order valence-corrected chi connectivity index (χ4v) is 10.2. The van der Waals surface area contributed by atoms with E-state index in [0.717, 1.165) is 93.6 Å². The standard InChI is InChI=1S/C59H35N5O/c1-2-19-40(20-3-1)63-49-26-11-8-22-42(49)47-34-39(29-31-51(47)63)57-60-58(44-25-14-18-36-15-6-7-21-41(36)44)62-59(61-57)46-30-32-54-55(45-24-10-13-28-53(45)65-54)56(46)64-50-27-12-9-23-43(50)48-33-37-16-4-5-17-38(37)35-52(48)64/h1-35H. The summed E-state index contributed by atoms with van der Waals surface area (Å²) in [6.45, 7) is 0. The van der Waals surface area contributed by atoms with Gasteiger partial charge in [-0.1, -0.05) is 140 Å². The predicted octanol–water partition coefficient (Wildman–Crippen LogP) is 15.3. The van der Waals surface area contributed by atoms with Gasteiger partial charge < -0.3 is 13.6 Å². The first-order chi connectivity index (χ1) is 32.2. The number of hydrogen-bond donors (Lipinski definition) is 0. The molecule has 0 fully saturated rings. The molecule has 0 bridgehead atoms. The molecule has 0 saturated carbocycles. The molecule has 0 spiro atoms. The highest BCUT2D eigenvalue weighted by atomic mass is 16.3. The van der Waals surface area contributed by atoms with Crippen LogP contribution in [-0.4, -0.2) is 24.1 Å². The van der Waals surface area contributed by atoms with E-state index in [2.05, 4.69) is 209 Å². The van der Waals surface area contributed by atoms with Gasteiger partial charge in [-0.05, 0) is 94.3 Å². The van der Waals surface area contributed by atoms with E-state index in [1.54, 1.807) is 0 Å². The van der Waals surface area contributed by atoms with Crippen LogP contribution in [0, 0.1) is 0 Å². The fourth-order valence-electron chi connectivity index (χ4n) is 10.2. The largest absolute Gasteiger partial charge is 0.456 e. The number of furan rings is 1. The Bertz CT molecular complexity index is 4250. The molecule has 302 valence electrons. The van der Waals surface area contributed by atoms with Crippen LogP contribution >= 0.6 is 0 Å². The van der Waals surface area contributed by atoms with Crippen molar-refractivity contribution in [2.75, 3.05) is 0 Å². The van der Waals surface area contributed by atoms with E-state index in [0.29, 0.717) is 17.5 Å². The van der Waals surface area contributed by atoms with Crippen molar-refractivity contribution in [1.82, 2.24) is 24.1 Å². The van der Waals surface area contributed by atoms with Gasteiger partial charge in [0.05, 0.1) is 33.1 Å². The van der Waals surface area contributed by atoms with E-state index in [9.17, 15) is 0 Å². The molecule has 65 heavy (non-hydrogen) atoms. The SMILES string of the molecule is c1ccc(-n2c3ccccc3c3cc(-c4nc(-c5ccc6oc7ccccc7c6c5-n5c6ccccc6c6cc7ccccc7cc65)nc(-c5cccc6ccccc56)n4)ccc32)cc1. The van der Waals surface area contributed by atoms with Crippen LogP contribution in [0.2, 0.25) is 0 Å². The first kappa shape index (κ1) is 35.7. The summed E-state index contributed by atoms with van der Waals surface area (Å²) in [5.41, 5.74) is 10.8. The maximum absolute atomic E-state index is 6.65. The van der Waals surface area contributed by atoms with Crippen molar-refractivity contribution in [3.05, 3.63) is 212 Å². The molecule has 0 radical (unpaired) electrons. The molecule has 6 heteroatoms. The molecule has 0 atom stereocenters. The summed E-state index contributed by atoms with van der Waals surface area (Å²) in [4.78, 5) is 16.4. The lowest BCUT2D eigenvalue weighted by atomic mass is 10.0. The molecule has 0 aliphatic heterocycles. The highest BCUT2D eigenvalue weighted by Gasteiger charge is 2.25. The fraction of sp³-hybridized carbons (Fsp3) is 0. The number of benzene rings is 10. The minimum atomic E-state index is 0.568. The Morgan fingerprint density at radius 1 is 0.323 bits per heavy atom. The van der Waals surface area contributed by atoms with Gasteiger partial charge in [-0.15, -0.1) is 0 Å². The topological polar surface area (TPSA) is 61.7 Å². The minimum absolute atomic E-state index is 0.568. The Balaban J connectivity index is 1.10. The lowest BCUT2D eigenvalue weighted by Crippen LogP contribution is -2.04. The minimum Gasteiger partial charge on any atom is -0.456 e. The number of nitrogens with zero attached hydrogens (tertiary/aromatic N) is 5. The maximum Gasteiger partial charge on any atom is 0.166 e. The Morgan fingerprint density at radius 3 is 1.71 bits per heavy atom. The summed E-state index contributed by atoms with van der Waals surface area (Å²) < 4.78 is 11.4. The highest BCUT2D eigenvalue weighted by molar-refractivity contribution is 6.18. The van der Waals surface area contributed by atoms with Crippen molar-refractivity contribution in [3.8, 4) is 45.5 Å². The van der Waals surface area contributed by atoms with Gasteiger partial charge in [0.1, 0.15) is 11.2 Å². The van der Waals surface area contributed by atoms with Crippen LogP contribution in [0.25, 0.3) is 133 Å². The molecule has 0 saturated heterocycles. The molecule has 14 rings (SSSR count). The van der Waals surface area contributed by atoms with Gasteiger partial charge in [0, 0.05) is 49.3 Å². The van der Waals surface area contributed by atoms with Crippen molar-refractivity contribution in [2.24, 2.45) is 0 Å². The molecule has 6 nitrogen and oxygen atoms in total. The van der Waals surface area contributed by atoms with Crippen molar-refractivity contribution < 1.29 is 4.42 Å². The molecular formula is C59H35N5O. The maximum atomic E-state index is 6.65. The molecule has 10 aromatic carbocycles. The molecule has 0 N–H and O–H groups in total. The second kappa shape index (κ2) is 13.8.